The van der Waals surface area contributed by atoms with Gasteiger partial charge in [0.1, 0.15) is 5.82 Å². The summed E-state index contributed by atoms with van der Waals surface area (Å²) in [6.45, 7) is 1.83. The Morgan fingerprint density at radius 1 is 1.47 bits per heavy atom. The molecule has 0 saturated heterocycles. The molecule has 1 atom stereocenters. The molecular formula is C12H14N4O. The summed E-state index contributed by atoms with van der Waals surface area (Å²) in [6, 6.07) is 9.02. The van der Waals surface area contributed by atoms with Crippen LogP contribution in [0.3, 0.4) is 0 Å². The number of nitrogen functional groups attached to an aromatic ring is 1. The lowest BCUT2D eigenvalue weighted by molar-refractivity contribution is -0.117. The van der Waals surface area contributed by atoms with Gasteiger partial charge in [0.05, 0.1) is 12.1 Å². The lowest BCUT2D eigenvalue weighted by Crippen LogP contribution is -2.19. The number of anilines is 2. The van der Waals surface area contributed by atoms with Crippen LogP contribution < -0.4 is 11.1 Å². The Kier molecular flexibility index (Phi) is 3.09. The maximum atomic E-state index is 11.9. The van der Waals surface area contributed by atoms with Crippen LogP contribution in [-0.2, 0) is 4.79 Å². The van der Waals surface area contributed by atoms with Gasteiger partial charge < -0.3 is 11.1 Å². The largest absolute Gasteiger partial charge is 0.399 e. The quantitative estimate of drug-likeness (QED) is 0.702. The van der Waals surface area contributed by atoms with Crippen LogP contribution in [0.1, 0.15) is 18.4 Å². The van der Waals surface area contributed by atoms with Gasteiger partial charge in [-0.3, -0.25) is 9.89 Å². The molecule has 0 saturated carbocycles. The van der Waals surface area contributed by atoms with E-state index in [4.69, 9.17) is 5.73 Å². The van der Waals surface area contributed by atoms with Gasteiger partial charge in [-0.25, -0.2) is 0 Å². The van der Waals surface area contributed by atoms with Crippen molar-refractivity contribution in [3.05, 3.63) is 42.1 Å². The zero-order valence-corrected chi connectivity index (χ0v) is 9.47. The van der Waals surface area contributed by atoms with Crippen LogP contribution in [0.15, 0.2) is 36.5 Å². The smallest absolute Gasteiger partial charge is 0.232 e. The van der Waals surface area contributed by atoms with Gasteiger partial charge in [-0.05, 0) is 24.6 Å². The van der Waals surface area contributed by atoms with Crippen molar-refractivity contribution in [2.75, 3.05) is 11.1 Å². The molecule has 0 aliphatic carbocycles. The summed E-state index contributed by atoms with van der Waals surface area (Å²) in [4.78, 5) is 11.9. The molecule has 1 heterocycles. The van der Waals surface area contributed by atoms with Gasteiger partial charge in [0.25, 0.3) is 0 Å². The zero-order valence-electron chi connectivity index (χ0n) is 9.47. The predicted octanol–water partition coefficient (Wildman–Crippen LogP) is 1.73. The highest BCUT2D eigenvalue weighted by Crippen LogP contribution is 2.19. The van der Waals surface area contributed by atoms with Crippen LogP contribution in [0.2, 0.25) is 0 Å². The number of carbonyl (C=O) groups excluding carboxylic acids is 1. The van der Waals surface area contributed by atoms with E-state index in [0.29, 0.717) is 11.5 Å². The van der Waals surface area contributed by atoms with Gasteiger partial charge in [0.2, 0.25) is 5.91 Å². The van der Waals surface area contributed by atoms with Gasteiger partial charge in [-0.2, -0.15) is 5.10 Å². The molecule has 17 heavy (non-hydrogen) atoms. The summed E-state index contributed by atoms with van der Waals surface area (Å²) in [7, 11) is 0. The van der Waals surface area contributed by atoms with Crippen molar-refractivity contribution in [2.24, 2.45) is 0 Å². The van der Waals surface area contributed by atoms with Gasteiger partial charge in [0.15, 0.2) is 0 Å². The highest BCUT2D eigenvalue weighted by Gasteiger charge is 2.15. The predicted molar refractivity (Wildman–Crippen MR) is 66.5 cm³/mol. The summed E-state index contributed by atoms with van der Waals surface area (Å²) in [5.74, 6) is 0.229. The second-order valence-corrected chi connectivity index (χ2v) is 3.85. The molecule has 0 bridgehead atoms. The van der Waals surface area contributed by atoms with E-state index >= 15 is 0 Å². The Hall–Kier alpha value is -2.30. The van der Waals surface area contributed by atoms with Gasteiger partial charge >= 0.3 is 0 Å². The second-order valence-electron chi connectivity index (χ2n) is 3.85. The van der Waals surface area contributed by atoms with Crippen LogP contribution in [0.5, 0.6) is 0 Å². The molecule has 2 rings (SSSR count). The SMILES string of the molecule is CC(C(=O)Nc1ccn[nH]1)c1cccc(N)c1. The number of nitrogens with two attached hydrogens (primary N) is 1. The minimum absolute atomic E-state index is 0.0974. The monoisotopic (exact) mass is 230 g/mol. The number of hydrogen-bond acceptors (Lipinski definition) is 3. The molecule has 5 heteroatoms. The number of hydrogen-bond donors (Lipinski definition) is 3. The molecule has 1 amide bonds. The van der Waals surface area contributed by atoms with E-state index in [1.54, 1.807) is 24.4 Å². The average molecular weight is 230 g/mol. The molecule has 1 aromatic heterocycles. The van der Waals surface area contributed by atoms with Crippen molar-refractivity contribution in [2.45, 2.75) is 12.8 Å². The van der Waals surface area contributed by atoms with E-state index in [0.717, 1.165) is 5.56 Å². The average Bonchev–Trinajstić information content (AvgIpc) is 2.80. The molecule has 4 N–H and O–H groups in total. The Balaban J connectivity index is 2.09. The van der Waals surface area contributed by atoms with Gasteiger partial charge in [0, 0.05) is 11.8 Å². The van der Waals surface area contributed by atoms with E-state index in [-0.39, 0.29) is 11.8 Å². The van der Waals surface area contributed by atoms with Crippen molar-refractivity contribution in [3.8, 4) is 0 Å². The Labute approximate surface area is 99.0 Å². The molecule has 1 aromatic carbocycles. The number of aromatic nitrogens is 2. The summed E-state index contributed by atoms with van der Waals surface area (Å²) in [6.07, 6.45) is 1.58. The highest BCUT2D eigenvalue weighted by atomic mass is 16.1. The molecule has 0 fully saturated rings. The first-order chi connectivity index (χ1) is 8.16. The molecule has 0 radical (unpaired) electrons. The highest BCUT2D eigenvalue weighted by molar-refractivity contribution is 5.94. The molecule has 2 aromatic rings. The molecule has 0 aliphatic rings. The number of aromatic amines is 1. The second kappa shape index (κ2) is 4.69. The van der Waals surface area contributed by atoms with Gasteiger partial charge in [-0.15, -0.1) is 0 Å². The number of nitrogens with one attached hydrogen (secondary N) is 2. The van der Waals surface area contributed by atoms with E-state index in [2.05, 4.69) is 15.5 Å². The molecule has 1 unspecified atom stereocenters. The summed E-state index contributed by atoms with van der Waals surface area (Å²) < 4.78 is 0. The van der Waals surface area contributed by atoms with E-state index < -0.39 is 0 Å². The van der Waals surface area contributed by atoms with Gasteiger partial charge in [-0.1, -0.05) is 12.1 Å². The molecule has 88 valence electrons. The third-order valence-corrected chi connectivity index (χ3v) is 2.56. The normalized spacial score (nSPS) is 12.1. The maximum Gasteiger partial charge on any atom is 0.232 e. The first-order valence-electron chi connectivity index (χ1n) is 5.32. The summed E-state index contributed by atoms with van der Waals surface area (Å²) in [5, 5.41) is 9.18. The summed E-state index contributed by atoms with van der Waals surface area (Å²) >= 11 is 0. The number of benzene rings is 1. The third kappa shape index (κ3) is 2.63. The first kappa shape index (κ1) is 11.2. The lowest BCUT2D eigenvalue weighted by atomic mass is 10.00. The summed E-state index contributed by atoms with van der Waals surface area (Å²) in [5.41, 5.74) is 7.23. The van der Waals surface area contributed by atoms with Crippen molar-refractivity contribution in [1.82, 2.24) is 10.2 Å². The number of amides is 1. The van der Waals surface area contributed by atoms with E-state index in [1.165, 1.54) is 0 Å². The minimum Gasteiger partial charge on any atom is -0.399 e. The van der Waals surface area contributed by atoms with Crippen LogP contribution >= 0.6 is 0 Å². The van der Waals surface area contributed by atoms with Crippen molar-refractivity contribution >= 4 is 17.4 Å². The fourth-order valence-corrected chi connectivity index (χ4v) is 1.55. The number of rotatable bonds is 3. The van der Waals surface area contributed by atoms with Crippen LogP contribution in [0.25, 0.3) is 0 Å². The fourth-order valence-electron chi connectivity index (χ4n) is 1.55. The van der Waals surface area contributed by atoms with E-state index in [9.17, 15) is 4.79 Å². The lowest BCUT2D eigenvalue weighted by Gasteiger charge is -2.11. The zero-order chi connectivity index (χ0) is 12.3. The number of H-pyrrole nitrogens is 1. The maximum absolute atomic E-state index is 11.9. The molecule has 0 spiro atoms. The number of nitrogens with zero attached hydrogens (tertiary/aromatic N) is 1. The fraction of sp³-hybridized carbons (Fsp3) is 0.167. The number of carbonyl (C=O) groups is 1. The molecule has 5 nitrogen and oxygen atoms in total. The van der Waals surface area contributed by atoms with Crippen molar-refractivity contribution in [1.29, 1.82) is 0 Å². The van der Waals surface area contributed by atoms with Crippen LogP contribution in [0.4, 0.5) is 11.5 Å². The third-order valence-electron chi connectivity index (χ3n) is 2.56. The van der Waals surface area contributed by atoms with Crippen molar-refractivity contribution < 1.29 is 4.79 Å². The van der Waals surface area contributed by atoms with E-state index in [1.807, 2.05) is 19.1 Å². The Morgan fingerprint density at radius 3 is 2.94 bits per heavy atom. The molecule has 0 aliphatic heterocycles. The van der Waals surface area contributed by atoms with Crippen LogP contribution in [-0.4, -0.2) is 16.1 Å². The van der Waals surface area contributed by atoms with Crippen LogP contribution in [0, 0.1) is 0 Å². The topological polar surface area (TPSA) is 83.8 Å². The molecular weight excluding hydrogens is 216 g/mol. The Morgan fingerprint density at radius 2 is 2.29 bits per heavy atom. The standard InChI is InChI=1S/C12H14N4O/c1-8(9-3-2-4-10(13)7-9)12(17)15-11-5-6-14-16-11/h2-8H,13H2,1H3,(H2,14,15,16,17). The Bertz CT molecular complexity index is 507. The van der Waals surface area contributed by atoms with Crippen molar-refractivity contribution in [3.63, 3.8) is 0 Å². The first-order valence-corrected chi connectivity index (χ1v) is 5.32. The minimum atomic E-state index is -0.262.